The second-order valence-electron chi connectivity index (χ2n) is 8.48. The number of amides is 2. The molecule has 0 saturated carbocycles. The van der Waals surface area contributed by atoms with Crippen LogP contribution < -0.4 is 19.8 Å². The molecule has 0 bridgehead atoms. The number of para-hydroxylation sites is 1. The van der Waals surface area contributed by atoms with Gasteiger partial charge in [0.2, 0.25) is 0 Å². The molecule has 9 nitrogen and oxygen atoms in total. The van der Waals surface area contributed by atoms with Gasteiger partial charge in [0, 0.05) is 5.02 Å². The molecule has 4 aromatic rings. The van der Waals surface area contributed by atoms with Crippen molar-refractivity contribution in [1.82, 2.24) is 5.43 Å². The number of rotatable bonds is 11. The normalized spacial score (nSPS) is 11.2. The van der Waals surface area contributed by atoms with Crippen molar-refractivity contribution in [3.05, 3.63) is 119 Å². The third-order valence-electron chi connectivity index (χ3n) is 5.52. The molecule has 0 unspecified atom stereocenters. The van der Waals surface area contributed by atoms with E-state index in [0.717, 1.165) is 4.31 Å². The Kier molecular flexibility index (Phi) is 9.96. The van der Waals surface area contributed by atoms with Crippen LogP contribution in [0.25, 0.3) is 0 Å². The highest BCUT2D eigenvalue weighted by atomic mass is 35.5. The lowest BCUT2D eigenvalue weighted by atomic mass is 10.2. The van der Waals surface area contributed by atoms with Crippen LogP contribution in [0.4, 0.5) is 11.4 Å². The molecular formula is C29H24Cl2N4O5S. The van der Waals surface area contributed by atoms with Gasteiger partial charge in [-0.25, -0.2) is 13.8 Å². The molecule has 0 heterocycles. The first-order valence-corrected chi connectivity index (χ1v) is 14.3. The average molecular weight is 612 g/mol. The average Bonchev–Trinajstić information content (AvgIpc) is 2.97. The predicted molar refractivity (Wildman–Crippen MR) is 160 cm³/mol. The number of hydrogen-bond acceptors (Lipinski definition) is 6. The predicted octanol–water partition coefficient (Wildman–Crippen LogP) is 5.36. The third-order valence-corrected chi connectivity index (χ3v) is 7.87. The highest BCUT2D eigenvalue weighted by Gasteiger charge is 2.27. The van der Waals surface area contributed by atoms with Crippen LogP contribution in [0.1, 0.15) is 5.56 Å². The van der Waals surface area contributed by atoms with Crippen LogP contribution in [0.5, 0.6) is 5.75 Å². The summed E-state index contributed by atoms with van der Waals surface area (Å²) in [6, 6.07) is 27.5. The fraction of sp³-hybridized carbons (Fsp3) is 0.0690. The molecule has 0 aromatic heterocycles. The van der Waals surface area contributed by atoms with Gasteiger partial charge in [-0.2, -0.15) is 5.10 Å². The number of carbonyl (C=O) groups is 2. The molecular weight excluding hydrogens is 587 g/mol. The summed E-state index contributed by atoms with van der Waals surface area (Å²) in [5.41, 5.74) is 3.70. The van der Waals surface area contributed by atoms with E-state index in [2.05, 4.69) is 15.8 Å². The number of ether oxygens (including phenoxy) is 1. The zero-order valence-corrected chi connectivity index (χ0v) is 23.7. The van der Waals surface area contributed by atoms with Crippen LogP contribution in [-0.2, 0) is 19.6 Å². The second-order valence-corrected chi connectivity index (χ2v) is 11.2. The van der Waals surface area contributed by atoms with E-state index in [1.54, 1.807) is 84.9 Å². The molecule has 210 valence electrons. The standard InChI is InChI=1S/C29H24Cl2N4O5S/c30-22-7-6-8-23(17-22)35(41(38,39)25-9-2-1-3-10-25)19-28(36)34-32-18-21-13-15-24(16-14-21)40-20-29(37)33-27-12-5-4-11-26(27)31/h1-18H,19-20H2,(H,33,37)(H,34,36)/b32-18+. The molecule has 0 radical (unpaired) electrons. The number of nitrogens with one attached hydrogen (secondary N) is 2. The third kappa shape index (κ3) is 8.31. The summed E-state index contributed by atoms with van der Waals surface area (Å²) in [6.07, 6.45) is 1.39. The first kappa shape index (κ1) is 29.6. The van der Waals surface area contributed by atoms with Crippen molar-refractivity contribution < 1.29 is 22.7 Å². The Morgan fingerprint density at radius 3 is 2.27 bits per heavy atom. The summed E-state index contributed by atoms with van der Waals surface area (Å²) in [5.74, 6) is -0.582. The Bertz CT molecular complexity index is 1650. The Morgan fingerprint density at radius 2 is 1.56 bits per heavy atom. The van der Waals surface area contributed by atoms with E-state index in [9.17, 15) is 18.0 Å². The zero-order chi connectivity index (χ0) is 29.2. The number of nitrogens with zero attached hydrogens (tertiary/aromatic N) is 2. The summed E-state index contributed by atoms with van der Waals surface area (Å²) in [4.78, 5) is 24.9. The van der Waals surface area contributed by atoms with Crippen molar-refractivity contribution in [2.24, 2.45) is 5.10 Å². The first-order chi connectivity index (χ1) is 19.7. The first-order valence-electron chi connectivity index (χ1n) is 12.1. The maximum Gasteiger partial charge on any atom is 0.264 e. The van der Waals surface area contributed by atoms with Crippen molar-refractivity contribution in [2.75, 3.05) is 22.8 Å². The van der Waals surface area contributed by atoms with Gasteiger partial charge in [0.1, 0.15) is 12.3 Å². The monoisotopic (exact) mass is 610 g/mol. The van der Waals surface area contributed by atoms with E-state index in [4.69, 9.17) is 27.9 Å². The Labute approximate surface area is 247 Å². The fourth-order valence-corrected chi connectivity index (χ4v) is 5.36. The van der Waals surface area contributed by atoms with Gasteiger partial charge in [0.25, 0.3) is 21.8 Å². The smallest absolute Gasteiger partial charge is 0.264 e. The summed E-state index contributed by atoms with van der Waals surface area (Å²) >= 11 is 12.1. The molecule has 41 heavy (non-hydrogen) atoms. The second kappa shape index (κ2) is 13.8. The molecule has 0 saturated heterocycles. The molecule has 2 N–H and O–H groups in total. The molecule has 12 heteroatoms. The SMILES string of the molecule is O=C(CN(c1cccc(Cl)c1)S(=O)(=O)c1ccccc1)N/N=C/c1ccc(OCC(=O)Nc2ccccc2Cl)cc1. The van der Waals surface area contributed by atoms with Crippen molar-refractivity contribution in [2.45, 2.75) is 4.90 Å². The number of halogens is 2. The molecule has 0 fully saturated rings. The van der Waals surface area contributed by atoms with E-state index in [1.807, 2.05) is 0 Å². The van der Waals surface area contributed by atoms with Gasteiger partial charge in [-0.05, 0) is 72.3 Å². The molecule has 2 amide bonds. The van der Waals surface area contributed by atoms with Crippen LogP contribution in [0.2, 0.25) is 10.0 Å². The summed E-state index contributed by atoms with van der Waals surface area (Å²) < 4.78 is 33.1. The van der Waals surface area contributed by atoms with Crippen LogP contribution in [0.3, 0.4) is 0 Å². The van der Waals surface area contributed by atoms with Crippen LogP contribution in [0, 0.1) is 0 Å². The molecule has 0 aliphatic heterocycles. The van der Waals surface area contributed by atoms with E-state index < -0.39 is 22.5 Å². The number of hydrazone groups is 1. The van der Waals surface area contributed by atoms with Crippen LogP contribution in [0.15, 0.2) is 113 Å². The van der Waals surface area contributed by atoms with E-state index >= 15 is 0 Å². The van der Waals surface area contributed by atoms with Gasteiger partial charge in [0.15, 0.2) is 6.61 Å². The van der Waals surface area contributed by atoms with Crippen LogP contribution in [-0.4, -0.2) is 39.6 Å². The van der Waals surface area contributed by atoms with E-state index in [0.29, 0.717) is 27.0 Å². The van der Waals surface area contributed by atoms with Gasteiger partial charge in [-0.1, -0.05) is 59.6 Å². The lowest BCUT2D eigenvalue weighted by molar-refractivity contribution is -0.119. The van der Waals surface area contributed by atoms with Crippen molar-refractivity contribution in [1.29, 1.82) is 0 Å². The highest BCUT2D eigenvalue weighted by molar-refractivity contribution is 7.92. The Morgan fingerprint density at radius 1 is 0.854 bits per heavy atom. The minimum Gasteiger partial charge on any atom is -0.484 e. The molecule has 4 rings (SSSR count). The van der Waals surface area contributed by atoms with Gasteiger partial charge in [-0.15, -0.1) is 0 Å². The molecule has 0 atom stereocenters. The topological polar surface area (TPSA) is 117 Å². The Hall–Kier alpha value is -4.38. The number of carbonyl (C=O) groups excluding carboxylic acids is 2. The summed E-state index contributed by atoms with van der Waals surface area (Å²) in [6.45, 7) is -0.748. The van der Waals surface area contributed by atoms with Gasteiger partial charge in [-0.3, -0.25) is 13.9 Å². The molecule has 0 spiro atoms. The molecule has 4 aromatic carbocycles. The lowest BCUT2D eigenvalue weighted by Crippen LogP contribution is -2.39. The number of hydrogen-bond donors (Lipinski definition) is 2. The molecule has 0 aliphatic rings. The fourth-order valence-electron chi connectivity index (χ4n) is 3.56. The number of anilines is 2. The Balaban J connectivity index is 1.34. The van der Waals surface area contributed by atoms with Crippen molar-refractivity contribution >= 4 is 62.6 Å². The zero-order valence-electron chi connectivity index (χ0n) is 21.4. The maximum atomic E-state index is 13.3. The largest absolute Gasteiger partial charge is 0.484 e. The van der Waals surface area contributed by atoms with E-state index in [-0.39, 0.29) is 23.1 Å². The highest BCUT2D eigenvalue weighted by Crippen LogP contribution is 2.26. The van der Waals surface area contributed by atoms with Crippen molar-refractivity contribution in [3.63, 3.8) is 0 Å². The summed E-state index contributed by atoms with van der Waals surface area (Å²) in [7, 11) is -4.07. The minimum atomic E-state index is -4.07. The maximum absolute atomic E-state index is 13.3. The van der Waals surface area contributed by atoms with Gasteiger partial charge >= 0.3 is 0 Å². The van der Waals surface area contributed by atoms with E-state index in [1.165, 1.54) is 24.4 Å². The quantitative estimate of drug-likeness (QED) is 0.175. The van der Waals surface area contributed by atoms with Crippen molar-refractivity contribution in [3.8, 4) is 5.75 Å². The summed E-state index contributed by atoms with van der Waals surface area (Å²) in [5, 5.41) is 7.35. The number of benzene rings is 4. The minimum absolute atomic E-state index is 0.0277. The number of sulfonamides is 1. The van der Waals surface area contributed by atoms with Gasteiger partial charge in [0.05, 0.1) is 27.5 Å². The molecule has 0 aliphatic carbocycles. The lowest BCUT2D eigenvalue weighted by Gasteiger charge is -2.23. The van der Waals surface area contributed by atoms with Crippen LogP contribution >= 0.6 is 23.2 Å². The van der Waals surface area contributed by atoms with Gasteiger partial charge < -0.3 is 10.1 Å².